The highest BCUT2D eigenvalue weighted by Gasteiger charge is 1.89. The molecule has 2 rings (SSSR count). The Labute approximate surface area is 99.4 Å². The van der Waals surface area contributed by atoms with Crippen molar-refractivity contribution in [3.8, 4) is 0 Å². The normalized spacial score (nSPS) is 8.82. The van der Waals surface area contributed by atoms with Crippen molar-refractivity contribution in [2.45, 2.75) is 0 Å². The highest BCUT2D eigenvalue weighted by atomic mass is 19.3. The second-order valence-corrected chi connectivity index (χ2v) is 3.20. The second-order valence-electron chi connectivity index (χ2n) is 3.20. The van der Waals surface area contributed by atoms with Crippen LogP contribution in [0.4, 0.5) is 20.2 Å². The first-order valence-corrected chi connectivity index (χ1v) is 5.05. The number of nitrogens with one attached hydrogen (secondary N) is 1. The molecule has 0 heterocycles. The first kappa shape index (κ1) is 12.9. The summed E-state index contributed by atoms with van der Waals surface area (Å²) in [4.78, 5) is 0. The van der Waals surface area contributed by atoms with Crippen molar-refractivity contribution in [1.82, 2.24) is 0 Å². The van der Waals surface area contributed by atoms with E-state index in [1.807, 2.05) is 60.7 Å². The molecule has 0 fully saturated rings. The van der Waals surface area contributed by atoms with Crippen molar-refractivity contribution in [3.63, 3.8) is 0 Å². The van der Waals surface area contributed by atoms with E-state index in [1.54, 1.807) is 0 Å². The lowest BCUT2D eigenvalue weighted by Gasteiger charge is -2.04. The minimum Gasteiger partial charge on any atom is -0.356 e. The fraction of sp³-hybridized carbons (Fsp3) is 0. The molecule has 0 aliphatic rings. The molecule has 0 aliphatic heterocycles. The molecule has 0 bridgehead atoms. The fourth-order valence-corrected chi connectivity index (χ4v) is 1.21. The third kappa shape index (κ3) is 6.10. The third-order valence-electron chi connectivity index (χ3n) is 1.84. The molecule has 0 radical (unpaired) electrons. The Morgan fingerprint density at radius 1 is 0.765 bits per heavy atom. The molecule has 0 aromatic heterocycles. The minimum absolute atomic E-state index is 1.12. The van der Waals surface area contributed by atoms with Crippen molar-refractivity contribution in [1.29, 1.82) is 0 Å². The quantitative estimate of drug-likeness (QED) is 0.783. The zero-order valence-electron chi connectivity index (χ0n) is 9.24. The van der Waals surface area contributed by atoms with Gasteiger partial charge in [0, 0.05) is 11.4 Å². The number of rotatable bonds is 2. The summed E-state index contributed by atoms with van der Waals surface area (Å²) >= 11 is 0. The van der Waals surface area contributed by atoms with Crippen molar-refractivity contribution < 1.29 is 8.78 Å². The van der Waals surface area contributed by atoms with Crippen LogP contribution in [0.3, 0.4) is 0 Å². The molecule has 88 valence electrons. The zero-order chi connectivity index (χ0) is 12.5. The van der Waals surface area contributed by atoms with Gasteiger partial charge in [-0.15, -0.1) is 0 Å². The number of para-hydroxylation sites is 2. The molecule has 17 heavy (non-hydrogen) atoms. The molecule has 1 nitrogen and oxygen atoms in total. The maximum atomic E-state index is 10.1. The van der Waals surface area contributed by atoms with Crippen LogP contribution in [0.25, 0.3) is 0 Å². The van der Waals surface area contributed by atoms with Gasteiger partial charge in [-0.1, -0.05) is 36.4 Å². The predicted molar refractivity (Wildman–Crippen MR) is 67.5 cm³/mol. The lowest BCUT2D eigenvalue weighted by Crippen LogP contribution is -1.87. The lowest BCUT2D eigenvalue weighted by molar-refractivity contribution is 0.426. The summed E-state index contributed by atoms with van der Waals surface area (Å²) in [5, 5.41) is 3.30. The van der Waals surface area contributed by atoms with Crippen LogP contribution in [0.2, 0.25) is 0 Å². The Bertz CT molecular complexity index is 399. The summed E-state index contributed by atoms with van der Waals surface area (Å²) in [6.45, 7) is 2.22. The van der Waals surface area contributed by atoms with Gasteiger partial charge in [0.15, 0.2) is 0 Å². The van der Waals surface area contributed by atoms with Crippen molar-refractivity contribution in [3.05, 3.63) is 73.3 Å². The van der Waals surface area contributed by atoms with Gasteiger partial charge in [0.1, 0.15) is 0 Å². The predicted octanol–water partition coefficient (Wildman–Crippen LogP) is 4.83. The average Bonchev–Trinajstić information content (AvgIpc) is 2.31. The molecule has 3 heteroatoms. The molecule has 1 N–H and O–H groups in total. The van der Waals surface area contributed by atoms with Gasteiger partial charge in [0.2, 0.25) is 0 Å². The Morgan fingerprint density at radius 2 is 1.06 bits per heavy atom. The topological polar surface area (TPSA) is 12.0 Å². The van der Waals surface area contributed by atoms with Crippen LogP contribution in [0.5, 0.6) is 0 Å². The largest absolute Gasteiger partial charge is 0.356 e. The molecule has 0 amide bonds. The van der Waals surface area contributed by atoms with Gasteiger partial charge in [0.25, 0.3) is 6.08 Å². The van der Waals surface area contributed by atoms with E-state index in [-0.39, 0.29) is 0 Å². The maximum Gasteiger partial charge on any atom is 0.263 e. The van der Waals surface area contributed by atoms with Gasteiger partial charge in [-0.25, -0.2) is 0 Å². The van der Waals surface area contributed by atoms with E-state index in [0.29, 0.717) is 0 Å². The minimum atomic E-state index is -1.83. The molecule has 0 saturated heterocycles. The van der Waals surface area contributed by atoms with Gasteiger partial charge in [-0.3, -0.25) is 0 Å². The summed E-state index contributed by atoms with van der Waals surface area (Å²) in [7, 11) is 0. The van der Waals surface area contributed by atoms with Gasteiger partial charge >= 0.3 is 0 Å². The first-order chi connectivity index (χ1) is 8.18. The average molecular weight is 233 g/mol. The molecule has 2 aromatic carbocycles. The van der Waals surface area contributed by atoms with Crippen molar-refractivity contribution in [2.75, 3.05) is 5.32 Å². The monoisotopic (exact) mass is 233 g/mol. The summed E-state index contributed by atoms with van der Waals surface area (Å²) in [5.74, 6) is 0. The van der Waals surface area contributed by atoms with Crippen LogP contribution in [0.15, 0.2) is 73.3 Å². The number of anilines is 2. The summed E-state index contributed by atoms with van der Waals surface area (Å²) < 4.78 is 20.3. The van der Waals surface area contributed by atoms with Crippen LogP contribution >= 0.6 is 0 Å². The molecule has 0 spiro atoms. The van der Waals surface area contributed by atoms with Crippen LogP contribution < -0.4 is 5.32 Å². The summed E-state index contributed by atoms with van der Waals surface area (Å²) in [6.07, 6.45) is -1.83. The number of hydrogen-bond acceptors (Lipinski definition) is 1. The fourth-order valence-electron chi connectivity index (χ4n) is 1.21. The Balaban J connectivity index is 0.000000317. The van der Waals surface area contributed by atoms with E-state index in [9.17, 15) is 8.78 Å². The van der Waals surface area contributed by atoms with E-state index in [0.717, 1.165) is 11.4 Å². The molecule has 0 atom stereocenters. The number of halogens is 2. The van der Waals surface area contributed by atoms with E-state index in [1.165, 1.54) is 0 Å². The zero-order valence-corrected chi connectivity index (χ0v) is 9.24. The number of benzene rings is 2. The van der Waals surface area contributed by atoms with Crippen LogP contribution in [-0.4, -0.2) is 0 Å². The molecular weight excluding hydrogens is 220 g/mol. The Kier molecular flexibility index (Phi) is 5.44. The molecular formula is C14H13F2N. The molecule has 0 saturated carbocycles. The van der Waals surface area contributed by atoms with Gasteiger partial charge in [-0.2, -0.15) is 8.78 Å². The van der Waals surface area contributed by atoms with E-state index in [4.69, 9.17) is 0 Å². The van der Waals surface area contributed by atoms with E-state index < -0.39 is 6.08 Å². The summed E-state index contributed by atoms with van der Waals surface area (Å²) in [5.41, 5.74) is 2.24. The molecule has 0 aliphatic carbocycles. The van der Waals surface area contributed by atoms with Crippen LogP contribution in [-0.2, 0) is 0 Å². The maximum absolute atomic E-state index is 10.1. The Morgan fingerprint density at radius 3 is 1.35 bits per heavy atom. The molecule has 0 unspecified atom stereocenters. The van der Waals surface area contributed by atoms with Crippen LogP contribution in [0, 0.1) is 0 Å². The lowest BCUT2D eigenvalue weighted by atomic mass is 10.3. The summed E-state index contributed by atoms with van der Waals surface area (Å²) in [6, 6.07) is 20.3. The number of hydrogen-bond donors (Lipinski definition) is 1. The van der Waals surface area contributed by atoms with E-state index >= 15 is 0 Å². The third-order valence-corrected chi connectivity index (χ3v) is 1.84. The van der Waals surface area contributed by atoms with Crippen LogP contribution in [0.1, 0.15) is 0 Å². The first-order valence-electron chi connectivity index (χ1n) is 5.05. The SMILES string of the molecule is C=C(F)F.c1ccc(Nc2ccccc2)cc1. The smallest absolute Gasteiger partial charge is 0.263 e. The highest BCUT2D eigenvalue weighted by molar-refractivity contribution is 5.58. The van der Waals surface area contributed by atoms with Gasteiger partial charge < -0.3 is 5.32 Å². The van der Waals surface area contributed by atoms with Crippen molar-refractivity contribution >= 4 is 11.4 Å². The van der Waals surface area contributed by atoms with E-state index in [2.05, 4.69) is 11.9 Å². The Hall–Kier alpha value is -2.16. The van der Waals surface area contributed by atoms with Gasteiger partial charge in [0.05, 0.1) is 0 Å². The highest BCUT2D eigenvalue weighted by Crippen LogP contribution is 2.14. The molecule has 2 aromatic rings. The van der Waals surface area contributed by atoms with Crippen molar-refractivity contribution in [2.24, 2.45) is 0 Å². The standard InChI is InChI=1S/C12H11N.C2H2F2/c1-3-7-11(8-4-1)13-12-9-5-2-6-10-12;1-2(3)4/h1-10,13H;1H2. The second kappa shape index (κ2) is 7.17. The van der Waals surface area contributed by atoms with Gasteiger partial charge in [-0.05, 0) is 30.8 Å².